The Hall–Kier alpha value is -0.530. The van der Waals surface area contributed by atoms with Crippen LogP contribution in [0.3, 0.4) is 0 Å². The van der Waals surface area contributed by atoms with Crippen LogP contribution in [0, 0.1) is 5.41 Å². The molecule has 0 aliphatic carbocycles. The Morgan fingerprint density at radius 1 is 0.405 bits per heavy atom. The highest BCUT2D eigenvalue weighted by Crippen LogP contribution is 2.40. The standard InChI is InChI=1S/C40H80O2/c1-6-11-16-21-24-25-29-34-38(33-28-19-14-9-4)42-39(41)40(35-30-20-15-10-5,36-31-26-22-17-12-7-2)37-32-27-23-18-13-8-3/h38H,6-37H2,1-5H3. The van der Waals surface area contributed by atoms with Gasteiger partial charge in [0.05, 0.1) is 5.41 Å². The van der Waals surface area contributed by atoms with Crippen molar-refractivity contribution < 1.29 is 9.53 Å². The van der Waals surface area contributed by atoms with Gasteiger partial charge in [-0.15, -0.1) is 0 Å². The molecule has 0 N–H and O–H groups in total. The summed E-state index contributed by atoms with van der Waals surface area (Å²) < 4.78 is 6.65. The number of esters is 1. The number of ether oxygens (including phenoxy) is 1. The number of unbranched alkanes of at least 4 members (excludes halogenated alkanes) is 22. The maximum absolute atomic E-state index is 14.3. The summed E-state index contributed by atoms with van der Waals surface area (Å²) in [5.41, 5.74) is -0.245. The topological polar surface area (TPSA) is 26.3 Å². The molecule has 0 heterocycles. The Kier molecular flexibility index (Phi) is 31.5. The lowest BCUT2D eigenvalue weighted by Crippen LogP contribution is -2.36. The third-order valence-corrected chi connectivity index (χ3v) is 9.74. The first-order valence-corrected chi connectivity index (χ1v) is 19.8. The highest BCUT2D eigenvalue weighted by molar-refractivity contribution is 5.77. The van der Waals surface area contributed by atoms with Crippen LogP contribution in [0.15, 0.2) is 0 Å². The van der Waals surface area contributed by atoms with E-state index in [1.807, 2.05) is 0 Å². The van der Waals surface area contributed by atoms with Crippen LogP contribution in [0.5, 0.6) is 0 Å². The van der Waals surface area contributed by atoms with Crippen LogP contribution in [0.1, 0.15) is 240 Å². The molecule has 0 radical (unpaired) electrons. The largest absolute Gasteiger partial charge is 0.462 e. The second kappa shape index (κ2) is 31.9. The molecule has 0 saturated heterocycles. The molecule has 2 nitrogen and oxygen atoms in total. The normalized spacial score (nSPS) is 12.6. The van der Waals surface area contributed by atoms with Gasteiger partial charge in [0.25, 0.3) is 0 Å². The molecule has 252 valence electrons. The van der Waals surface area contributed by atoms with E-state index >= 15 is 0 Å². The minimum atomic E-state index is -0.245. The summed E-state index contributed by atoms with van der Waals surface area (Å²) in [7, 11) is 0. The van der Waals surface area contributed by atoms with Gasteiger partial charge in [-0.3, -0.25) is 4.79 Å². The molecule has 0 aromatic rings. The van der Waals surface area contributed by atoms with Gasteiger partial charge in [0.15, 0.2) is 0 Å². The Labute approximate surface area is 266 Å². The Balaban J connectivity index is 5.48. The maximum Gasteiger partial charge on any atom is 0.312 e. The van der Waals surface area contributed by atoms with Crippen LogP contribution in [0.2, 0.25) is 0 Å². The number of hydrogen-bond donors (Lipinski definition) is 0. The van der Waals surface area contributed by atoms with Gasteiger partial charge in [-0.25, -0.2) is 0 Å². The number of hydrogen-bond acceptors (Lipinski definition) is 2. The first kappa shape index (κ1) is 41.5. The summed E-state index contributed by atoms with van der Waals surface area (Å²) in [5.74, 6) is 0.199. The Morgan fingerprint density at radius 2 is 0.667 bits per heavy atom. The average Bonchev–Trinajstić information content (AvgIpc) is 2.99. The van der Waals surface area contributed by atoms with Crippen molar-refractivity contribution in [3.05, 3.63) is 0 Å². The summed E-state index contributed by atoms with van der Waals surface area (Å²) in [6.45, 7) is 11.5. The highest BCUT2D eigenvalue weighted by Gasteiger charge is 2.39. The van der Waals surface area contributed by atoms with Crippen LogP contribution >= 0.6 is 0 Å². The molecule has 0 spiro atoms. The Bertz CT molecular complexity index is 526. The smallest absolute Gasteiger partial charge is 0.312 e. The van der Waals surface area contributed by atoms with E-state index in [0.29, 0.717) is 0 Å². The molecule has 1 unspecified atom stereocenters. The predicted molar refractivity (Wildman–Crippen MR) is 188 cm³/mol. The number of carbonyl (C=O) groups is 1. The first-order valence-electron chi connectivity index (χ1n) is 19.8. The zero-order chi connectivity index (χ0) is 31.0. The monoisotopic (exact) mass is 593 g/mol. The number of carbonyl (C=O) groups excluding carboxylic acids is 1. The van der Waals surface area contributed by atoms with Gasteiger partial charge in [-0.05, 0) is 44.9 Å². The fourth-order valence-corrected chi connectivity index (χ4v) is 6.73. The molecule has 0 bridgehead atoms. The molecule has 0 rings (SSSR count). The van der Waals surface area contributed by atoms with E-state index in [1.165, 1.54) is 173 Å². The van der Waals surface area contributed by atoms with E-state index in [4.69, 9.17) is 4.74 Å². The minimum Gasteiger partial charge on any atom is -0.462 e. The van der Waals surface area contributed by atoms with E-state index in [1.54, 1.807) is 0 Å². The second-order valence-corrected chi connectivity index (χ2v) is 13.9. The van der Waals surface area contributed by atoms with Crippen molar-refractivity contribution in [2.24, 2.45) is 5.41 Å². The lowest BCUT2D eigenvalue weighted by molar-refractivity contribution is -0.164. The van der Waals surface area contributed by atoms with Crippen LogP contribution in [0.4, 0.5) is 0 Å². The van der Waals surface area contributed by atoms with Crippen LogP contribution in [-0.4, -0.2) is 12.1 Å². The third kappa shape index (κ3) is 23.9. The molecule has 0 saturated carbocycles. The van der Waals surface area contributed by atoms with Gasteiger partial charge in [-0.2, -0.15) is 0 Å². The van der Waals surface area contributed by atoms with Crippen LogP contribution in [0.25, 0.3) is 0 Å². The summed E-state index contributed by atoms with van der Waals surface area (Å²) in [5, 5.41) is 0. The molecule has 0 aromatic carbocycles. The van der Waals surface area contributed by atoms with E-state index in [0.717, 1.165) is 32.1 Å². The molecular formula is C40H80O2. The molecular weight excluding hydrogens is 512 g/mol. The van der Waals surface area contributed by atoms with Crippen molar-refractivity contribution in [2.75, 3.05) is 0 Å². The van der Waals surface area contributed by atoms with Crippen molar-refractivity contribution in [3.63, 3.8) is 0 Å². The minimum absolute atomic E-state index is 0.133. The third-order valence-electron chi connectivity index (χ3n) is 9.74. The van der Waals surface area contributed by atoms with Crippen molar-refractivity contribution >= 4 is 5.97 Å². The summed E-state index contributed by atoms with van der Waals surface area (Å²) in [4.78, 5) is 14.3. The second-order valence-electron chi connectivity index (χ2n) is 13.9. The fraction of sp³-hybridized carbons (Fsp3) is 0.975. The van der Waals surface area contributed by atoms with Gasteiger partial charge in [0, 0.05) is 0 Å². The SMILES string of the molecule is CCCCCCCCCC(CCCCCC)OC(=O)C(CCCCCC)(CCCCCCCC)CCCCCCCC. The predicted octanol–water partition coefficient (Wildman–Crippen LogP) is 14.5. The zero-order valence-corrected chi connectivity index (χ0v) is 30.0. The van der Waals surface area contributed by atoms with Crippen LogP contribution in [-0.2, 0) is 9.53 Å². The van der Waals surface area contributed by atoms with Crippen molar-refractivity contribution in [1.82, 2.24) is 0 Å². The molecule has 0 aliphatic rings. The molecule has 0 fully saturated rings. The van der Waals surface area contributed by atoms with Gasteiger partial charge in [0.2, 0.25) is 0 Å². The van der Waals surface area contributed by atoms with Crippen molar-refractivity contribution in [1.29, 1.82) is 0 Å². The van der Waals surface area contributed by atoms with Crippen molar-refractivity contribution in [3.8, 4) is 0 Å². The Morgan fingerprint density at radius 3 is 1.02 bits per heavy atom. The van der Waals surface area contributed by atoms with Gasteiger partial charge < -0.3 is 4.74 Å². The average molecular weight is 593 g/mol. The lowest BCUT2D eigenvalue weighted by atomic mass is 9.73. The molecule has 2 heteroatoms. The molecule has 1 atom stereocenters. The van der Waals surface area contributed by atoms with Crippen molar-refractivity contribution in [2.45, 2.75) is 246 Å². The molecule has 0 aromatic heterocycles. The van der Waals surface area contributed by atoms with Crippen LogP contribution < -0.4 is 0 Å². The molecule has 0 aliphatic heterocycles. The highest BCUT2D eigenvalue weighted by atomic mass is 16.5. The summed E-state index contributed by atoms with van der Waals surface area (Å²) >= 11 is 0. The van der Waals surface area contributed by atoms with E-state index in [9.17, 15) is 4.79 Å². The van der Waals surface area contributed by atoms with Gasteiger partial charge in [0.1, 0.15) is 6.10 Å². The van der Waals surface area contributed by atoms with E-state index in [2.05, 4.69) is 34.6 Å². The quantitative estimate of drug-likeness (QED) is 0.0548. The zero-order valence-electron chi connectivity index (χ0n) is 30.0. The van der Waals surface area contributed by atoms with E-state index < -0.39 is 0 Å². The molecule has 42 heavy (non-hydrogen) atoms. The first-order chi connectivity index (χ1) is 20.6. The van der Waals surface area contributed by atoms with Gasteiger partial charge in [-0.1, -0.05) is 195 Å². The van der Waals surface area contributed by atoms with E-state index in [-0.39, 0.29) is 17.5 Å². The fourth-order valence-electron chi connectivity index (χ4n) is 6.73. The molecule has 0 amide bonds. The summed E-state index contributed by atoms with van der Waals surface area (Å²) in [6, 6.07) is 0. The van der Waals surface area contributed by atoms with Gasteiger partial charge >= 0.3 is 5.97 Å². The number of rotatable bonds is 34. The maximum atomic E-state index is 14.3. The summed E-state index contributed by atoms with van der Waals surface area (Å²) in [6.07, 6.45) is 40.3. The lowest BCUT2D eigenvalue weighted by Gasteiger charge is -2.34.